The van der Waals surface area contributed by atoms with Crippen molar-refractivity contribution in [3.8, 4) is 0 Å². The van der Waals surface area contributed by atoms with E-state index in [9.17, 15) is 4.39 Å². The van der Waals surface area contributed by atoms with Gasteiger partial charge >= 0.3 is 0 Å². The van der Waals surface area contributed by atoms with Gasteiger partial charge in [-0.1, -0.05) is 18.2 Å². The van der Waals surface area contributed by atoms with E-state index in [2.05, 4.69) is 62.1 Å². The van der Waals surface area contributed by atoms with Gasteiger partial charge in [0, 0.05) is 29.2 Å². The Balaban J connectivity index is 1.55. The zero-order valence-corrected chi connectivity index (χ0v) is 13.8. The smallest absolute Gasteiger partial charge is 0.212 e. The molecule has 0 bridgehead atoms. The minimum atomic E-state index is -0.425. The fraction of sp³-hybridized carbons (Fsp3) is 0.312. The van der Waals surface area contributed by atoms with Crippen LogP contribution in [0.2, 0.25) is 0 Å². The van der Waals surface area contributed by atoms with Gasteiger partial charge < -0.3 is 10.2 Å². The third-order valence-electron chi connectivity index (χ3n) is 3.80. The summed E-state index contributed by atoms with van der Waals surface area (Å²) in [7, 11) is 0. The Labute approximate surface area is 137 Å². The zero-order chi connectivity index (χ0) is 14.7. The third-order valence-corrected chi connectivity index (χ3v) is 4.86. The summed E-state index contributed by atoms with van der Waals surface area (Å²) in [4.78, 5) is 5.97. The van der Waals surface area contributed by atoms with Crippen LogP contribution in [0.15, 0.2) is 42.6 Å². The Bertz CT molecular complexity index is 603. The average molecular weight is 397 g/mol. The molecule has 5 heteroatoms. The van der Waals surface area contributed by atoms with Gasteiger partial charge in [-0.15, -0.1) is 0 Å². The lowest BCUT2D eigenvalue weighted by Gasteiger charge is -2.18. The number of anilines is 1. The van der Waals surface area contributed by atoms with Crippen molar-refractivity contribution in [3.63, 3.8) is 0 Å². The molecule has 1 fully saturated rings. The maximum Gasteiger partial charge on any atom is 0.212 e. The topological polar surface area (TPSA) is 28.2 Å². The van der Waals surface area contributed by atoms with Crippen LogP contribution in [0.25, 0.3) is 0 Å². The second-order valence-electron chi connectivity index (χ2n) is 5.24. The summed E-state index contributed by atoms with van der Waals surface area (Å²) in [5.41, 5.74) is 2.33. The van der Waals surface area contributed by atoms with Crippen LogP contribution in [0.3, 0.4) is 0 Å². The molecule has 0 radical (unpaired) electrons. The van der Waals surface area contributed by atoms with Gasteiger partial charge in [0.2, 0.25) is 5.95 Å². The van der Waals surface area contributed by atoms with E-state index in [1.807, 2.05) is 0 Å². The second-order valence-corrected chi connectivity index (χ2v) is 6.41. The van der Waals surface area contributed by atoms with E-state index in [0.717, 1.165) is 31.7 Å². The van der Waals surface area contributed by atoms with Crippen molar-refractivity contribution >= 4 is 28.3 Å². The second kappa shape index (κ2) is 6.70. The highest BCUT2D eigenvalue weighted by atomic mass is 127. The first-order chi connectivity index (χ1) is 10.2. The first-order valence-corrected chi connectivity index (χ1v) is 8.13. The molecule has 110 valence electrons. The Kier molecular flexibility index (Phi) is 4.70. The summed E-state index contributed by atoms with van der Waals surface area (Å²) in [6.07, 6.45) is 2.71. The molecule has 21 heavy (non-hydrogen) atoms. The van der Waals surface area contributed by atoms with E-state index in [-0.39, 0.29) is 0 Å². The van der Waals surface area contributed by atoms with Crippen LogP contribution in [0.4, 0.5) is 10.1 Å². The quantitative estimate of drug-likeness (QED) is 0.635. The van der Waals surface area contributed by atoms with Crippen LogP contribution in [0.5, 0.6) is 0 Å². The van der Waals surface area contributed by atoms with Gasteiger partial charge in [-0.3, -0.25) is 0 Å². The molecule has 1 atom stereocenters. The minimum Gasteiger partial charge on any atom is -0.369 e. The summed E-state index contributed by atoms with van der Waals surface area (Å²) >= 11 is 2.37. The highest BCUT2D eigenvalue weighted by molar-refractivity contribution is 14.1. The molecule has 1 N–H and O–H groups in total. The molecular weight excluding hydrogens is 380 g/mol. The number of nitrogens with zero attached hydrogens (tertiary/aromatic N) is 2. The molecule has 1 aromatic heterocycles. The van der Waals surface area contributed by atoms with Gasteiger partial charge in [0.25, 0.3) is 0 Å². The highest BCUT2D eigenvalue weighted by Crippen LogP contribution is 2.20. The maximum absolute atomic E-state index is 12.9. The van der Waals surface area contributed by atoms with Crippen LogP contribution in [-0.2, 0) is 6.54 Å². The lowest BCUT2D eigenvalue weighted by molar-refractivity contribution is 0.550. The lowest BCUT2D eigenvalue weighted by Crippen LogP contribution is -2.32. The summed E-state index contributed by atoms with van der Waals surface area (Å²) in [6.45, 7) is 2.81. The molecule has 3 nitrogen and oxygen atoms in total. The Morgan fingerprint density at radius 1 is 1.29 bits per heavy atom. The monoisotopic (exact) mass is 397 g/mol. The van der Waals surface area contributed by atoms with Gasteiger partial charge in [-0.2, -0.15) is 4.39 Å². The minimum absolute atomic E-state index is 0.425. The SMILES string of the molecule is Fc1ccc(N2CCC(NCc3ccccc3I)C2)cn1. The molecule has 1 aromatic carbocycles. The number of nitrogens with one attached hydrogen (secondary N) is 1. The zero-order valence-electron chi connectivity index (χ0n) is 11.6. The van der Waals surface area contributed by atoms with Crippen molar-refractivity contribution in [2.75, 3.05) is 18.0 Å². The first-order valence-electron chi connectivity index (χ1n) is 7.05. The highest BCUT2D eigenvalue weighted by Gasteiger charge is 2.22. The van der Waals surface area contributed by atoms with Gasteiger partial charge in [-0.05, 0) is 52.8 Å². The molecule has 0 spiro atoms. The van der Waals surface area contributed by atoms with Crippen molar-refractivity contribution < 1.29 is 4.39 Å². The molecule has 1 aliphatic rings. The molecule has 0 aliphatic carbocycles. The fourth-order valence-electron chi connectivity index (χ4n) is 2.61. The van der Waals surface area contributed by atoms with E-state index in [1.54, 1.807) is 12.3 Å². The van der Waals surface area contributed by atoms with Crippen LogP contribution >= 0.6 is 22.6 Å². The van der Waals surface area contributed by atoms with E-state index < -0.39 is 5.95 Å². The Morgan fingerprint density at radius 3 is 2.90 bits per heavy atom. The largest absolute Gasteiger partial charge is 0.369 e. The normalized spacial score (nSPS) is 18.2. The molecule has 3 rings (SSSR count). The van der Waals surface area contributed by atoms with Crippen LogP contribution < -0.4 is 10.2 Å². The number of hydrogen-bond acceptors (Lipinski definition) is 3. The number of rotatable bonds is 4. The van der Waals surface area contributed by atoms with Gasteiger partial charge in [-0.25, -0.2) is 4.98 Å². The summed E-state index contributed by atoms with van der Waals surface area (Å²) < 4.78 is 14.1. The lowest BCUT2D eigenvalue weighted by atomic mass is 10.2. The van der Waals surface area contributed by atoms with Gasteiger partial charge in [0.15, 0.2) is 0 Å². The standard InChI is InChI=1S/C16H17FIN3/c17-16-6-5-14(10-20-16)21-8-7-13(11-21)19-9-12-3-1-2-4-15(12)18/h1-6,10,13,19H,7-9,11H2. The molecule has 0 amide bonds. The van der Waals surface area contributed by atoms with Crippen LogP contribution in [0, 0.1) is 9.52 Å². The maximum atomic E-state index is 12.9. The molecular formula is C16H17FIN3. The molecule has 0 saturated carbocycles. The van der Waals surface area contributed by atoms with Crippen molar-refractivity contribution in [3.05, 3.63) is 57.7 Å². The van der Waals surface area contributed by atoms with Crippen molar-refractivity contribution in [1.29, 1.82) is 0 Å². The molecule has 2 heterocycles. The summed E-state index contributed by atoms with van der Waals surface area (Å²) in [5, 5.41) is 3.61. The summed E-state index contributed by atoms with van der Waals surface area (Å²) in [5.74, 6) is -0.425. The van der Waals surface area contributed by atoms with E-state index in [0.29, 0.717) is 6.04 Å². The summed E-state index contributed by atoms with van der Waals surface area (Å²) in [6, 6.07) is 12.1. The third kappa shape index (κ3) is 3.71. The van der Waals surface area contributed by atoms with Crippen molar-refractivity contribution in [2.45, 2.75) is 19.0 Å². The molecule has 2 aromatic rings. The van der Waals surface area contributed by atoms with E-state index >= 15 is 0 Å². The molecule has 1 aliphatic heterocycles. The van der Waals surface area contributed by atoms with Crippen LogP contribution in [0.1, 0.15) is 12.0 Å². The number of aromatic nitrogens is 1. The number of pyridine rings is 1. The van der Waals surface area contributed by atoms with Crippen LogP contribution in [-0.4, -0.2) is 24.1 Å². The number of halogens is 2. The van der Waals surface area contributed by atoms with E-state index in [1.165, 1.54) is 15.2 Å². The first kappa shape index (κ1) is 14.7. The Morgan fingerprint density at radius 2 is 2.14 bits per heavy atom. The molecule has 1 saturated heterocycles. The molecule has 1 unspecified atom stereocenters. The Hall–Kier alpha value is -1.21. The predicted molar refractivity (Wildman–Crippen MR) is 90.8 cm³/mol. The predicted octanol–water partition coefficient (Wildman–Crippen LogP) is 3.19. The number of hydrogen-bond donors (Lipinski definition) is 1. The van der Waals surface area contributed by atoms with E-state index in [4.69, 9.17) is 0 Å². The number of benzene rings is 1. The van der Waals surface area contributed by atoms with Gasteiger partial charge in [0.05, 0.1) is 11.9 Å². The van der Waals surface area contributed by atoms with Crippen molar-refractivity contribution in [1.82, 2.24) is 10.3 Å². The van der Waals surface area contributed by atoms with Crippen molar-refractivity contribution in [2.24, 2.45) is 0 Å². The fourth-order valence-corrected chi connectivity index (χ4v) is 3.19. The van der Waals surface area contributed by atoms with Gasteiger partial charge in [0.1, 0.15) is 0 Å². The average Bonchev–Trinajstić information content (AvgIpc) is 2.96.